The lowest BCUT2D eigenvalue weighted by Crippen LogP contribution is -2.70. The molecule has 3 heterocycles. The normalized spacial score (nSPS) is 17.8. The van der Waals surface area contributed by atoms with Gasteiger partial charge in [0, 0.05) is 37.6 Å². The summed E-state index contributed by atoms with van der Waals surface area (Å²) in [5.41, 5.74) is 8.27. The number of rotatable bonds is 7. The van der Waals surface area contributed by atoms with E-state index in [2.05, 4.69) is 15.4 Å². The standard InChI is InChI=1S/C26H30ClN7O3/c1-5-20(17-7-6-8-19(27)15(17)2)30-26(37)34-23(25(36)33(4)22-10-12-32(3)31-22)18(24(34)35)13-16-9-11-29-21(28)14-16/h6-12,14,18,20,23H,5,13H2,1-4H3,(H2,28,29)(H,30,37)/t18-,20-,23+/m1/s1. The fourth-order valence-corrected chi connectivity index (χ4v) is 4.83. The van der Waals surface area contributed by atoms with Gasteiger partial charge in [-0.15, -0.1) is 0 Å². The zero-order valence-electron chi connectivity index (χ0n) is 21.2. The summed E-state index contributed by atoms with van der Waals surface area (Å²) in [6.07, 6.45) is 4.08. The van der Waals surface area contributed by atoms with Crippen molar-refractivity contribution in [3.63, 3.8) is 0 Å². The maximum atomic E-state index is 13.6. The molecule has 2 aromatic heterocycles. The monoisotopic (exact) mass is 523 g/mol. The third-order valence-corrected chi connectivity index (χ3v) is 7.16. The van der Waals surface area contributed by atoms with Crippen LogP contribution in [0.15, 0.2) is 48.8 Å². The third-order valence-electron chi connectivity index (χ3n) is 6.75. The second kappa shape index (κ2) is 10.6. The van der Waals surface area contributed by atoms with E-state index in [0.29, 0.717) is 23.1 Å². The predicted octanol–water partition coefficient (Wildman–Crippen LogP) is 3.25. The summed E-state index contributed by atoms with van der Waals surface area (Å²) in [6, 6.07) is 8.56. The Morgan fingerprint density at radius 2 is 2.03 bits per heavy atom. The fraction of sp³-hybridized carbons (Fsp3) is 0.346. The Labute approximate surface area is 220 Å². The van der Waals surface area contributed by atoms with Gasteiger partial charge in [0.25, 0.3) is 5.91 Å². The highest BCUT2D eigenvalue weighted by Crippen LogP contribution is 2.34. The van der Waals surface area contributed by atoms with Crippen molar-refractivity contribution in [1.29, 1.82) is 0 Å². The van der Waals surface area contributed by atoms with Crippen molar-refractivity contribution in [2.75, 3.05) is 17.7 Å². The number of anilines is 2. The average Bonchev–Trinajstić information content (AvgIpc) is 3.31. The Hall–Kier alpha value is -3.92. The van der Waals surface area contributed by atoms with Gasteiger partial charge < -0.3 is 11.1 Å². The number of β-lactam (4-membered cyclic amide) rings is 1. The number of nitrogens with one attached hydrogen (secondary N) is 1. The molecule has 0 aliphatic carbocycles. The number of nitrogen functional groups attached to an aromatic ring is 1. The molecule has 3 atom stereocenters. The van der Waals surface area contributed by atoms with E-state index in [-0.39, 0.29) is 12.5 Å². The summed E-state index contributed by atoms with van der Waals surface area (Å²) >= 11 is 6.29. The minimum Gasteiger partial charge on any atom is -0.384 e. The van der Waals surface area contributed by atoms with Crippen LogP contribution in [0.4, 0.5) is 16.4 Å². The maximum absolute atomic E-state index is 13.6. The van der Waals surface area contributed by atoms with Crippen LogP contribution in [0, 0.1) is 12.8 Å². The Bertz CT molecular complexity index is 1340. The number of hydrogen-bond acceptors (Lipinski definition) is 6. The number of aromatic nitrogens is 3. The largest absolute Gasteiger partial charge is 0.384 e. The summed E-state index contributed by atoms with van der Waals surface area (Å²) in [4.78, 5) is 46.7. The minimum atomic E-state index is -1.01. The van der Waals surface area contributed by atoms with E-state index >= 15 is 0 Å². The summed E-state index contributed by atoms with van der Waals surface area (Å²) in [6.45, 7) is 3.81. The number of likely N-dealkylation sites (tertiary alicyclic amines) is 1. The lowest BCUT2D eigenvalue weighted by atomic mass is 9.81. The summed E-state index contributed by atoms with van der Waals surface area (Å²) in [5, 5.41) is 7.80. The molecule has 10 nitrogen and oxygen atoms in total. The molecular weight excluding hydrogens is 494 g/mol. The molecule has 3 aromatic rings. The molecule has 3 N–H and O–H groups in total. The third kappa shape index (κ3) is 5.15. The molecule has 0 spiro atoms. The number of benzene rings is 1. The molecule has 37 heavy (non-hydrogen) atoms. The van der Waals surface area contributed by atoms with Crippen LogP contribution in [-0.2, 0) is 23.1 Å². The van der Waals surface area contributed by atoms with Crippen molar-refractivity contribution >= 4 is 41.1 Å². The SMILES string of the molecule is CC[C@@H](NC(=O)N1C(=O)[C@H](Cc2ccnc(N)c2)[C@H]1C(=O)N(C)c1ccn(C)n1)c1cccc(Cl)c1C. The van der Waals surface area contributed by atoms with Crippen LogP contribution < -0.4 is 16.0 Å². The van der Waals surface area contributed by atoms with Crippen molar-refractivity contribution in [1.82, 2.24) is 25.0 Å². The zero-order chi connectivity index (χ0) is 26.9. The smallest absolute Gasteiger partial charge is 0.325 e. The van der Waals surface area contributed by atoms with Crippen LogP contribution in [0.3, 0.4) is 0 Å². The number of urea groups is 1. The van der Waals surface area contributed by atoms with Gasteiger partial charge in [0.2, 0.25) is 5.91 Å². The first-order chi connectivity index (χ1) is 17.6. The number of halogens is 1. The van der Waals surface area contributed by atoms with Gasteiger partial charge in [-0.05, 0) is 54.7 Å². The lowest BCUT2D eigenvalue weighted by Gasteiger charge is -2.45. The highest BCUT2D eigenvalue weighted by atomic mass is 35.5. The molecule has 1 aliphatic heterocycles. The van der Waals surface area contributed by atoms with E-state index in [4.69, 9.17) is 17.3 Å². The minimum absolute atomic E-state index is 0.242. The number of imide groups is 1. The first-order valence-electron chi connectivity index (χ1n) is 12.0. The zero-order valence-corrected chi connectivity index (χ0v) is 21.9. The van der Waals surface area contributed by atoms with Crippen LogP contribution >= 0.6 is 11.6 Å². The molecule has 11 heteroatoms. The van der Waals surface area contributed by atoms with Crippen LogP contribution in [0.1, 0.15) is 36.1 Å². The highest BCUT2D eigenvalue weighted by molar-refractivity contribution is 6.31. The van der Waals surface area contributed by atoms with Crippen molar-refractivity contribution < 1.29 is 14.4 Å². The van der Waals surface area contributed by atoms with Gasteiger partial charge >= 0.3 is 6.03 Å². The number of amides is 4. The van der Waals surface area contributed by atoms with E-state index < -0.39 is 29.8 Å². The van der Waals surface area contributed by atoms with Crippen LogP contribution in [0.25, 0.3) is 0 Å². The van der Waals surface area contributed by atoms with E-state index in [1.807, 2.05) is 26.0 Å². The molecule has 1 aromatic carbocycles. The first kappa shape index (κ1) is 26.2. The second-order valence-corrected chi connectivity index (χ2v) is 9.57. The summed E-state index contributed by atoms with van der Waals surface area (Å²) < 4.78 is 1.58. The Morgan fingerprint density at radius 3 is 2.68 bits per heavy atom. The molecule has 1 saturated heterocycles. The molecule has 4 amide bonds. The van der Waals surface area contributed by atoms with Gasteiger partial charge in [0.15, 0.2) is 5.82 Å². The molecule has 1 fully saturated rings. The quantitative estimate of drug-likeness (QED) is 0.458. The van der Waals surface area contributed by atoms with Gasteiger partial charge in [0.05, 0.1) is 12.0 Å². The maximum Gasteiger partial charge on any atom is 0.325 e. The number of pyridine rings is 1. The van der Waals surface area contributed by atoms with Gasteiger partial charge in [-0.3, -0.25) is 24.1 Å². The Morgan fingerprint density at radius 1 is 1.27 bits per heavy atom. The van der Waals surface area contributed by atoms with Crippen LogP contribution in [0.2, 0.25) is 5.02 Å². The summed E-state index contributed by atoms with van der Waals surface area (Å²) in [5.74, 6) is -0.847. The van der Waals surface area contributed by atoms with Crippen molar-refractivity contribution in [2.24, 2.45) is 13.0 Å². The fourth-order valence-electron chi connectivity index (χ4n) is 4.64. The summed E-state index contributed by atoms with van der Waals surface area (Å²) in [7, 11) is 3.32. The topological polar surface area (TPSA) is 126 Å². The van der Waals surface area contributed by atoms with Gasteiger partial charge in [-0.1, -0.05) is 30.7 Å². The number of likely N-dealkylation sites (N-methyl/N-ethyl adjacent to an activating group) is 1. The molecule has 194 valence electrons. The number of nitrogens with zero attached hydrogens (tertiary/aromatic N) is 5. The molecule has 0 saturated carbocycles. The van der Waals surface area contributed by atoms with Gasteiger partial charge in [-0.2, -0.15) is 5.10 Å². The van der Waals surface area contributed by atoms with E-state index in [1.54, 1.807) is 55.4 Å². The number of nitrogens with two attached hydrogens (primary N) is 1. The number of aryl methyl sites for hydroxylation is 1. The van der Waals surface area contributed by atoms with Gasteiger partial charge in [0.1, 0.15) is 11.9 Å². The number of carbonyl (C=O) groups is 3. The average molecular weight is 524 g/mol. The van der Waals surface area contributed by atoms with Crippen LogP contribution in [-0.4, -0.2) is 50.6 Å². The Kier molecular flexibility index (Phi) is 7.49. The highest BCUT2D eigenvalue weighted by Gasteiger charge is 2.55. The van der Waals surface area contributed by atoms with Crippen LogP contribution in [0.5, 0.6) is 0 Å². The molecule has 1 aliphatic rings. The molecule has 0 unspecified atom stereocenters. The molecule has 0 bridgehead atoms. The van der Waals surface area contributed by atoms with Crippen molar-refractivity contribution in [3.05, 3.63) is 70.5 Å². The second-order valence-electron chi connectivity index (χ2n) is 9.16. The molecule has 0 radical (unpaired) electrons. The van der Waals surface area contributed by atoms with Gasteiger partial charge in [-0.25, -0.2) is 9.78 Å². The van der Waals surface area contributed by atoms with E-state index in [9.17, 15) is 14.4 Å². The van der Waals surface area contributed by atoms with Crippen molar-refractivity contribution in [2.45, 2.75) is 38.8 Å². The number of hydrogen-bond donors (Lipinski definition) is 2. The van der Waals surface area contributed by atoms with E-state index in [1.165, 1.54) is 4.90 Å². The first-order valence-corrected chi connectivity index (χ1v) is 12.4. The van der Waals surface area contributed by atoms with E-state index in [0.717, 1.165) is 21.6 Å². The Balaban J connectivity index is 1.61. The molecule has 4 rings (SSSR count). The lowest BCUT2D eigenvalue weighted by molar-refractivity contribution is -0.156. The number of carbonyl (C=O) groups excluding carboxylic acids is 3. The van der Waals surface area contributed by atoms with Crippen molar-refractivity contribution in [3.8, 4) is 0 Å². The molecular formula is C26H30ClN7O3. The predicted molar refractivity (Wildman–Crippen MR) is 141 cm³/mol.